The highest BCUT2D eigenvalue weighted by Gasteiger charge is 2.33. The van der Waals surface area contributed by atoms with Gasteiger partial charge < -0.3 is 10.2 Å². The Labute approximate surface area is 230 Å². The summed E-state index contributed by atoms with van der Waals surface area (Å²) >= 11 is 5.99. The molecule has 0 aliphatic rings. The maximum Gasteiger partial charge on any atom is 0.264 e. The Morgan fingerprint density at radius 1 is 0.947 bits per heavy atom. The van der Waals surface area contributed by atoms with Crippen molar-refractivity contribution in [3.8, 4) is 0 Å². The third-order valence-electron chi connectivity index (χ3n) is 6.25. The second kappa shape index (κ2) is 12.9. The summed E-state index contributed by atoms with van der Waals surface area (Å²) in [4.78, 5) is 28.2. The molecule has 0 fully saturated rings. The van der Waals surface area contributed by atoms with Crippen molar-refractivity contribution in [2.75, 3.05) is 17.4 Å². The van der Waals surface area contributed by atoms with Crippen LogP contribution in [-0.4, -0.2) is 44.3 Å². The molecule has 3 aromatic carbocycles. The monoisotopic (exact) mass is 555 g/mol. The van der Waals surface area contributed by atoms with Crippen molar-refractivity contribution in [1.82, 2.24) is 10.2 Å². The molecule has 0 unspecified atom stereocenters. The standard InChI is InChI=1S/C29H34ClN3O4S/c1-5-18-31-29(35)23(4)32(19-24-12-10-21(2)11-13-24)28(34)20-33(27-9-7-6-8-22(27)3)38(36,37)26-16-14-25(30)15-17-26/h6-17,23H,5,18-20H2,1-4H3,(H,31,35)/t23-/m1/s1. The fraction of sp³-hybridized carbons (Fsp3) is 0.310. The highest BCUT2D eigenvalue weighted by molar-refractivity contribution is 7.92. The summed E-state index contributed by atoms with van der Waals surface area (Å²) < 4.78 is 28.8. The molecular weight excluding hydrogens is 522 g/mol. The second-order valence-electron chi connectivity index (χ2n) is 9.23. The second-order valence-corrected chi connectivity index (χ2v) is 11.5. The number of aryl methyl sites for hydroxylation is 2. The summed E-state index contributed by atoms with van der Waals surface area (Å²) in [5, 5.41) is 3.24. The van der Waals surface area contributed by atoms with E-state index in [1.165, 1.54) is 29.2 Å². The van der Waals surface area contributed by atoms with E-state index < -0.39 is 28.5 Å². The third-order valence-corrected chi connectivity index (χ3v) is 8.28. The van der Waals surface area contributed by atoms with Crippen LogP contribution >= 0.6 is 11.6 Å². The van der Waals surface area contributed by atoms with Gasteiger partial charge in [-0.15, -0.1) is 0 Å². The minimum absolute atomic E-state index is 0.0109. The molecule has 0 aromatic heterocycles. The fourth-order valence-corrected chi connectivity index (χ4v) is 5.56. The van der Waals surface area contributed by atoms with Crippen LogP contribution in [0.5, 0.6) is 0 Å². The van der Waals surface area contributed by atoms with E-state index in [1.54, 1.807) is 38.1 Å². The molecule has 1 atom stereocenters. The maximum absolute atomic E-state index is 13.9. The Balaban J connectivity index is 2.02. The number of benzene rings is 3. The molecule has 0 aliphatic carbocycles. The van der Waals surface area contributed by atoms with E-state index in [4.69, 9.17) is 11.6 Å². The number of rotatable bonds is 11. The lowest BCUT2D eigenvalue weighted by Gasteiger charge is -2.32. The Morgan fingerprint density at radius 2 is 1.58 bits per heavy atom. The first-order valence-electron chi connectivity index (χ1n) is 12.5. The topological polar surface area (TPSA) is 86.8 Å². The van der Waals surface area contributed by atoms with Crippen LogP contribution in [0.4, 0.5) is 5.69 Å². The van der Waals surface area contributed by atoms with Crippen LogP contribution in [-0.2, 0) is 26.2 Å². The minimum atomic E-state index is -4.13. The number of anilines is 1. The van der Waals surface area contributed by atoms with Gasteiger partial charge in [-0.25, -0.2) is 8.42 Å². The molecule has 7 nitrogen and oxygen atoms in total. The van der Waals surface area contributed by atoms with Crippen molar-refractivity contribution in [1.29, 1.82) is 0 Å². The van der Waals surface area contributed by atoms with E-state index >= 15 is 0 Å². The molecule has 1 N–H and O–H groups in total. The van der Waals surface area contributed by atoms with Crippen LogP contribution < -0.4 is 9.62 Å². The average molecular weight is 556 g/mol. The van der Waals surface area contributed by atoms with E-state index in [2.05, 4.69) is 5.32 Å². The van der Waals surface area contributed by atoms with Gasteiger partial charge in [0.1, 0.15) is 12.6 Å². The highest BCUT2D eigenvalue weighted by Crippen LogP contribution is 2.28. The quantitative estimate of drug-likeness (QED) is 0.357. The van der Waals surface area contributed by atoms with E-state index in [9.17, 15) is 18.0 Å². The molecule has 0 saturated carbocycles. The number of hydrogen-bond donors (Lipinski definition) is 1. The summed E-state index contributed by atoms with van der Waals surface area (Å²) in [6.45, 7) is 7.51. The Hall–Kier alpha value is -3.36. The zero-order valence-electron chi connectivity index (χ0n) is 22.1. The van der Waals surface area contributed by atoms with Crippen LogP contribution in [0.3, 0.4) is 0 Å². The number of sulfonamides is 1. The predicted molar refractivity (Wildman–Crippen MR) is 152 cm³/mol. The summed E-state index contributed by atoms with van der Waals surface area (Å²) in [6, 6.07) is 19.7. The summed E-state index contributed by atoms with van der Waals surface area (Å²) in [5.41, 5.74) is 2.98. The van der Waals surface area contributed by atoms with Crippen LogP contribution in [0, 0.1) is 13.8 Å². The lowest BCUT2D eigenvalue weighted by molar-refractivity contribution is -0.139. The van der Waals surface area contributed by atoms with Crippen molar-refractivity contribution >= 4 is 39.1 Å². The number of para-hydroxylation sites is 1. The Morgan fingerprint density at radius 3 is 2.18 bits per heavy atom. The number of carbonyl (C=O) groups excluding carboxylic acids is 2. The van der Waals surface area contributed by atoms with Crippen molar-refractivity contribution in [2.45, 2.75) is 51.6 Å². The normalized spacial score (nSPS) is 12.0. The summed E-state index contributed by atoms with van der Waals surface area (Å²) in [6.07, 6.45) is 0.755. The largest absolute Gasteiger partial charge is 0.354 e. The van der Waals surface area contributed by atoms with Crippen molar-refractivity contribution in [2.24, 2.45) is 0 Å². The number of halogens is 1. The first kappa shape index (κ1) is 29.2. The molecule has 3 rings (SSSR count). The molecule has 0 saturated heterocycles. The lowest BCUT2D eigenvalue weighted by atomic mass is 10.1. The van der Waals surface area contributed by atoms with Crippen LogP contribution in [0.2, 0.25) is 5.02 Å². The van der Waals surface area contributed by atoms with Gasteiger partial charge in [0.2, 0.25) is 11.8 Å². The zero-order chi connectivity index (χ0) is 27.9. The van der Waals surface area contributed by atoms with E-state index in [0.717, 1.165) is 21.9 Å². The van der Waals surface area contributed by atoms with Gasteiger partial charge in [0.15, 0.2) is 0 Å². The molecule has 2 amide bonds. The molecule has 9 heteroatoms. The molecule has 0 radical (unpaired) electrons. The van der Waals surface area contributed by atoms with E-state index in [1.807, 2.05) is 38.1 Å². The number of nitrogens with one attached hydrogen (secondary N) is 1. The van der Waals surface area contributed by atoms with Crippen molar-refractivity contribution < 1.29 is 18.0 Å². The summed E-state index contributed by atoms with van der Waals surface area (Å²) in [7, 11) is -4.13. The molecule has 0 heterocycles. The lowest BCUT2D eigenvalue weighted by Crippen LogP contribution is -2.51. The molecule has 0 aliphatic heterocycles. The third kappa shape index (κ3) is 7.14. The van der Waals surface area contributed by atoms with Gasteiger partial charge in [0.25, 0.3) is 10.0 Å². The number of nitrogens with zero attached hydrogens (tertiary/aromatic N) is 2. The van der Waals surface area contributed by atoms with Crippen LogP contribution in [0.15, 0.2) is 77.7 Å². The average Bonchev–Trinajstić information content (AvgIpc) is 2.90. The molecule has 202 valence electrons. The SMILES string of the molecule is CCCNC(=O)[C@@H](C)N(Cc1ccc(C)cc1)C(=O)CN(c1ccccc1C)S(=O)(=O)c1ccc(Cl)cc1. The number of amides is 2. The van der Waals surface area contributed by atoms with Gasteiger partial charge in [-0.05, 0) is 68.7 Å². The van der Waals surface area contributed by atoms with Gasteiger partial charge >= 0.3 is 0 Å². The molecule has 3 aromatic rings. The molecular formula is C29H34ClN3O4S. The number of carbonyl (C=O) groups is 2. The highest BCUT2D eigenvalue weighted by atomic mass is 35.5. The summed E-state index contributed by atoms with van der Waals surface area (Å²) in [5.74, 6) is -0.791. The maximum atomic E-state index is 13.9. The number of hydrogen-bond acceptors (Lipinski definition) is 4. The molecule has 0 spiro atoms. The van der Waals surface area contributed by atoms with E-state index in [-0.39, 0.29) is 17.3 Å². The van der Waals surface area contributed by atoms with Gasteiger partial charge in [0.05, 0.1) is 10.6 Å². The molecule has 0 bridgehead atoms. The minimum Gasteiger partial charge on any atom is -0.354 e. The van der Waals surface area contributed by atoms with Crippen LogP contribution in [0.25, 0.3) is 0 Å². The van der Waals surface area contributed by atoms with Crippen molar-refractivity contribution in [3.05, 3.63) is 94.5 Å². The van der Waals surface area contributed by atoms with Crippen molar-refractivity contribution in [3.63, 3.8) is 0 Å². The predicted octanol–water partition coefficient (Wildman–Crippen LogP) is 5.10. The Kier molecular flexibility index (Phi) is 9.94. The van der Waals surface area contributed by atoms with Gasteiger partial charge in [-0.2, -0.15) is 0 Å². The van der Waals surface area contributed by atoms with E-state index in [0.29, 0.717) is 22.8 Å². The Bertz CT molecular complexity index is 1360. The first-order chi connectivity index (χ1) is 18.0. The zero-order valence-corrected chi connectivity index (χ0v) is 23.7. The van der Waals surface area contributed by atoms with Gasteiger partial charge in [-0.3, -0.25) is 13.9 Å². The van der Waals surface area contributed by atoms with Gasteiger partial charge in [0, 0.05) is 18.1 Å². The fourth-order valence-electron chi connectivity index (χ4n) is 3.96. The smallest absolute Gasteiger partial charge is 0.264 e. The van der Waals surface area contributed by atoms with Crippen LogP contribution in [0.1, 0.15) is 37.0 Å². The molecule has 38 heavy (non-hydrogen) atoms. The first-order valence-corrected chi connectivity index (χ1v) is 14.3. The van der Waals surface area contributed by atoms with Gasteiger partial charge in [-0.1, -0.05) is 66.6 Å².